The van der Waals surface area contributed by atoms with Crippen molar-refractivity contribution < 1.29 is 14.3 Å². The third-order valence-electron chi connectivity index (χ3n) is 3.70. The lowest BCUT2D eigenvalue weighted by molar-refractivity contribution is -0.138. The topological polar surface area (TPSA) is 50.8 Å². The van der Waals surface area contributed by atoms with Gasteiger partial charge in [-0.1, -0.05) is 6.92 Å². The van der Waals surface area contributed by atoms with Crippen LogP contribution in [-0.2, 0) is 14.3 Å². The average Bonchev–Trinajstić information content (AvgIpc) is 2.46. The standard InChI is InChI=1S/C14H26N2O3/c1-2-7-18-12-4-3-6-16(11-12)14(17)9-13-10-15-5-8-19-13/h12-13,15H,2-11H2,1H3. The summed E-state index contributed by atoms with van der Waals surface area (Å²) in [5.41, 5.74) is 0. The number of morpholine rings is 1. The number of nitrogens with one attached hydrogen (secondary N) is 1. The van der Waals surface area contributed by atoms with Gasteiger partial charge in [-0.15, -0.1) is 0 Å². The molecule has 2 unspecified atom stereocenters. The number of carbonyl (C=O) groups excluding carboxylic acids is 1. The van der Waals surface area contributed by atoms with Crippen molar-refractivity contribution in [2.24, 2.45) is 0 Å². The molecule has 0 spiro atoms. The lowest BCUT2D eigenvalue weighted by atomic mass is 10.1. The Bertz CT molecular complexity index is 280. The van der Waals surface area contributed by atoms with Crippen molar-refractivity contribution >= 4 is 5.91 Å². The highest BCUT2D eigenvalue weighted by molar-refractivity contribution is 5.76. The molecule has 110 valence electrons. The van der Waals surface area contributed by atoms with Gasteiger partial charge in [0.25, 0.3) is 0 Å². The molecule has 0 aromatic heterocycles. The summed E-state index contributed by atoms with van der Waals surface area (Å²) in [6, 6.07) is 0. The van der Waals surface area contributed by atoms with Crippen molar-refractivity contribution in [1.29, 1.82) is 0 Å². The van der Waals surface area contributed by atoms with Gasteiger partial charge in [0.05, 0.1) is 25.2 Å². The predicted octanol–water partition coefficient (Wildman–Crippen LogP) is 0.783. The van der Waals surface area contributed by atoms with Gasteiger partial charge in [-0.2, -0.15) is 0 Å². The molecule has 2 saturated heterocycles. The van der Waals surface area contributed by atoms with Gasteiger partial charge in [-0.3, -0.25) is 4.79 Å². The maximum atomic E-state index is 12.2. The Kier molecular flexibility index (Phi) is 6.07. The Morgan fingerprint density at radius 1 is 1.53 bits per heavy atom. The first-order chi connectivity index (χ1) is 9.29. The minimum absolute atomic E-state index is 0.0400. The number of carbonyl (C=O) groups is 1. The average molecular weight is 270 g/mol. The van der Waals surface area contributed by atoms with E-state index in [2.05, 4.69) is 12.2 Å². The summed E-state index contributed by atoms with van der Waals surface area (Å²) < 4.78 is 11.4. The first-order valence-electron chi connectivity index (χ1n) is 7.51. The maximum absolute atomic E-state index is 12.2. The SMILES string of the molecule is CCCOC1CCCN(C(=O)CC2CNCCO2)C1. The summed E-state index contributed by atoms with van der Waals surface area (Å²) >= 11 is 0. The van der Waals surface area contributed by atoms with E-state index in [1.807, 2.05) is 4.90 Å². The van der Waals surface area contributed by atoms with Crippen molar-refractivity contribution in [2.75, 3.05) is 39.4 Å². The molecule has 2 aliphatic rings. The number of hydrogen-bond donors (Lipinski definition) is 1. The van der Waals surface area contributed by atoms with Crippen molar-refractivity contribution in [3.8, 4) is 0 Å². The second-order valence-corrected chi connectivity index (χ2v) is 5.38. The van der Waals surface area contributed by atoms with Crippen LogP contribution in [-0.4, -0.2) is 62.4 Å². The summed E-state index contributed by atoms with van der Waals surface area (Å²) in [5, 5.41) is 3.26. The Hall–Kier alpha value is -0.650. The van der Waals surface area contributed by atoms with Gasteiger partial charge in [0.1, 0.15) is 0 Å². The van der Waals surface area contributed by atoms with Crippen LogP contribution in [0.4, 0.5) is 0 Å². The van der Waals surface area contributed by atoms with Gasteiger partial charge in [0.15, 0.2) is 0 Å². The zero-order valence-electron chi connectivity index (χ0n) is 11.9. The normalized spacial score (nSPS) is 28.4. The molecule has 0 aromatic carbocycles. The van der Waals surface area contributed by atoms with Crippen LogP contribution in [0.3, 0.4) is 0 Å². The number of amides is 1. The van der Waals surface area contributed by atoms with Crippen molar-refractivity contribution in [2.45, 2.75) is 44.8 Å². The summed E-state index contributed by atoms with van der Waals surface area (Å²) in [5.74, 6) is 0.207. The zero-order valence-corrected chi connectivity index (χ0v) is 11.9. The molecule has 2 heterocycles. The van der Waals surface area contributed by atoms with Crippen molar-refractivity contribution in [3.63, 3.8) is 0 Å². The van der Waals surface area contributed by atoms with E-state index in [0.717, 1.165) is 52.0 Å². The van der Waals surface area contributed by atoms with Gasteiger partial charge >= 0.3 is 0 Å². The highest BCUT2D eigenvalue weighted by Crippen LogP contribution is 2.15. The molecule has 1 amide bonds. The molecule has 0 bridgehead atoms. The van der Waals surface area contributed by atoms with Crippen LogP contribution in [0.5, 0.6) is 0 Å². The van der Waals surface area contributed by atoms with Crippen LogP contribution in [0.1, 0.15) is 32.6 Å². The number of piperidine rings is 1. The van der Waals surface area contributed by atoms with Crippen LogP contribution in [0.15, 0.2) is 0 Å². The predicted molar refractivity (Wildman–Crippen MR) is 73.1 cm³/mol. The van der Waals surface area contributed by atoms with E-state index in [9.17, 15) is 4.79 Å². The van der Waals surface area contributed by atoms with Crippen LogP contribution >= 0.6 is 0 Å². The van der Waals surface area contributed by atoms with Gasteiger partial charge in [0.2, 0.25) is 5.91 Å². The molecular weight excluding hydrogens is 244 g/mol. The summed E-state index contributed by atoms with van der Waals surface area (Å²) in [6.45, 7) is 6.91. The van der Waals surface area contributed by atoms with E-state index < -0.39 is 0 Å². The Balaban J connectivity index is 1.74. The van der Waals surface area contributed by atoms with Crippen molar-refractivity contribution in [3.05, 3.63) is 0 Å². The third kappa shape index (κ3) is 4.75. The Labute approximate surface area is 115 Å². The van der Waals surface area contributed by atoms with Gasteiger partial charge in [-0.05, 0) is 19.3 Å². The molecule has 5 nitrogen and oxygen atoms in total. The third-order valence-corrected chi connectivity index (χ3v) is 3.70. The minimum atomic E-state index is 0.0400. The minimum Gasteiger partial charge on any atom is -0.376 e. The fourth-order valence-electron chi connectivity index (χ4n) is 2.66. The quantitative estimate of drug-likeness (QED) is 0.802. The Morgan fingerprint density at radius 3 is 3.16 bits per heavy atom. The van der Waals surface area contributed by atoms with Gasteiger partial charge < -0.3 is 19.7 Å². The van der Waals surface area contributed by atoms with E-state index in [4.69, 9.17) is 9.47 Å². The second kappa shape index (κ2) is 7.82. The van der Waals surface area contributed by atoms with E-state index in [1.165, 1.54) is 0 Å². The molecule has 5 heteroatoms. The first-order valence-corrected chi connectivity index (χ1v) is 7.51. The lowest BCUT2D eigenvalue weighted by Gasteiger charge is -2.34. The van der Waals surface area contributed by atoms with E-state index in [1.54, 1.807) is 0 Å². The fraction of sp³-hybridized carbons (Fsp3) is 0.929. The summed E-state index contributed by atoms with van der Waals surface area (Å²) in [7, 11) is 0. The van der Waals surface area contributed by atoms with E-state index in [0.29, 0.717) is 13.0 Å². The number of nitrogens with zero attached hydrogens (tertiary/aromatic N) is 1. The number of hydrogen-bond acceptors (Lipinski definition) is 4. The van der Waals surface area contributed by atoms with Crippen LogP contribution in [0.25, 0.3) is 0 Å². The van der Waals surface area contributed by atoms with Gasteiger partial charge in [-0.25, -0.2) is 0 Å². The van der Waals surface area contributed by atoms with Crippen LogP contribution < -0.4 is 5.32 Å². The molecule has 1 N–H and O–H groups in total. The molecular formula is C14H26N2O3. The van der Waals surface area contributed by atoms with E-state index >= 15 is 0 Å². The largest absolute Gasteiger partial charge is 0.376 e. The summed E-state index contributed by atoms with van der Waals surface area (Å²) in [4.78, 5) is 14.2. The van der Waals surface area contributed by atoms with Crippen molar-refractivity contribution in [1.82, 2.24) is 10.2 Å². The molecule has 2 rings (SSSR count). The molecule has 0 radical (unpaired) electrons. The maximum Gasteiger partial charge on any atom is 0.225 e. The highest BCUT2D eigenvalue weighted by atomic mass is 16.5. The Morgan fingerprint density at radius 2 is 2.42 bits per heavy atom. The lowest BCUT2D eigenvalue weighted by Crippen LogP contribution is -2.46. The monoisotopic (exact) mass is 270 g/mol. The molecule has 0 aliphatic carbocycles. The fourth-order valence-corrected chi connectivity index (χ4v) is 2.66. The number of rotatable bonds is 5. The second-order valence-electron chi connectivity index (χ2n) is 5.38. The zero-order chi connectivity index (χ0) is 13.5. The highest BCUT2D eigenvalue weighted by Gasteiger charge is 2.26. The molecule has 2 atom stereocenters. The first kappa shape index (κ1) is 14.8. The number of ether oxygens (including phenoxy) is 2. The number of likely N-dealkylation sites (tertiary alicyclic amines) is 1. The molecule has 19 heavy (non-hydrogen) atoms. The molecule has 0 aromatic rings. The molecule has 0 saturated carbocycles. The smallest absolute Gasteiger partial charge is 0.225 e. The molecule has 2 aliphatic heterocycles. The van der Waals surface area contributed by atoms with E-state index in [-0.39, 0.29) is 18.1 Å². The summed E-state index contributed by atoms with van der Waals surface area (Å²) in [6.07, 6.45) is 3.91. The van der Waals surface area contributed by atoms with Crippen LogP contribution in [0, 0.1) is 0 Å². The van der Waals surface area contributed by atoms with Crippen LogP contribution in [0.2, 0.25) is 0 Å². The molecule has 2 fully saturated rings. The van der Waals surface area contributed by atoms with Gasteiger partial charge in [0, 0.05) is 32.8 Å².